The number of nitrogens with zero attached hydrogens (tertiary/aromatic N) is 4. The fraction of sp³-hybridized carbons (Fsp3) is 0. The molecule has 0 saturated carbocycles. The van der Waals surface area contributed by atoms with Crippen molar-refractivity contribution in [2.45, 2.75) is 0 Å². The maximum atomic E-state index is 4.71. The Labute approximate surface area is 331 Å². The zero-order chi connectivity index (χ0) is 37.0. The van der Waals surface area contributed by atoms with E-state index in [9.17, 15) is 0 Å². The maximum absolute atomic E-state index is 4.71. The van der Waals surface area contributed by atoms with Crippen LogP contribution in [0, 0.1) is 0 Å². The lowest BCUT2D eigenvalue weighted by molar-refractivity contribution is 1.29. The average molecular weight is 751 g/mol. The van der Waals surface area contributed by atoms with Crippen LogP contribution in [0.5, 0.6) is 0 Å². The molecule has 0 amide bonds. The standard InChI is InChI=1S/C50H30N4S2/c1-3-11-31(12-4-1)45-39-29-43(35-17-7-15-33(27-35)37-19-9-21-41-47(37)53-25-23-51-41)56-50(39)46(32-13-5-2-6-14-32)40-30-44(55-49(40)45)36-18-8-16-34(28-36)38-20-10-22-42-48(38)54-26-24-52-42/h1-30H. The first-order valence-electron chi connectivity index (χ1n) is 18.5. The lowest BCUT2D eigenvalue weighted by atomic mass is 9.93. The van der Waals surface area contributed by atoms with E-state index in [0.717, 1.165) is 44.3 Å². The van der Waals surface area contributed by atoms with E-state index in [1.165, 1.54) is 63.3 Å². The normalized spacial score (nSPS) is 11.6. The third kappa shape index (κ3) is 5.50. The molecule has 0 radical (unpaired) electrons. The number of fused-ring (bicyclic) bond motifs is 4. The molecule has 0 atom stereocenters. The summed E-state index contributed by atoms with van der Waals surface area (Å²) in [5.74, 6) is 0. The van der Waals surface area contributed by atoms with E-state index < -0.39 is 0 Å². The SMILES string of the molecule is c1ccc(-c2c3cc(-c4cccc(-c5cccc6nccnc56)c4)sc3c(-c3ccccc3)c3cc(-c4cccc(-c5cccc6nccnc56)c4)sc23)cc1. The predicted molar refractivity (Wildman–Crippen MR) is 236 cm³/mol. The second-order valence-corrected chi connectivity index (χ2v) is 15.9. The topological polar surface area (TPSA) is 51.6 Å². The molecule has 4 aromatic heterocycles. The number of thiophene rings is 2. The summed E-state index contributed by atoms with van der Waals surface area (Å²) in [6.07, 6.45) is 7.04. The summed E-state index contributed by atoms with van der Waals surface area (Å²) in [6.45, 7) is 0. The number of hydrogen-bond donors (Lipinski definition) is 0. The third-order valence-electron chi connectivity index (χ3n) is 10.5. The molecule has 0 bridgehead atoms. The summed E-state index contributed by atoms with van der Waals surface area (Å²) in [5.41, 5.74) is 15.4. The molecule has 4 nitrogen and oxygen atoms in total. The monoisotopic (exact) mass is 750 g/mol. The fourth-order valence-electron chi connectivity index (χ4n) is 7.97. The molecular formula is C50H30N4S2. The van der Waals surface area contributed by atoms with Crippen LogP contribution in [0.1, 0.15) is 0 Å². The Morgan fingerprint density at radius 1 is 0.321 bits per heavy atom. The second-order valence-electron chi connectivity index (χ2n) is 13.8. The Hall–Kier alpha value is -6.86. The number of rotatable bonds is 6. The van der Waals surface area contributed by atoms with Crippen LogP contribution in [0.2, 0.25) is 0 Å². The number of hydrogen-bond acceptors (Lipinski definition) is 6. The highest BCUT2D eigenvalue weighted by molar-refractivity contribution is 7.25. The van der Waals surface area contributed by atoms with E-state index in [1.54, 1.807) is 24.8 Å². The van der Waals surface area contributed by atoms with Gasteiger partial charge in [-0.3, -0.25) is 19.9 Å². The van der Waals surface area contributed by atoms with Crippen molar-refractivity contribution >= 4 is 64.9 Å². The molecule has 11 rings (SSSR count). The van der Waals surface area contributed by atoms with Crippen molar-refractivity contribution in [2.75, 3.05) is 0 Å². The van der Waals surface area contributed by atoms with Crippen LogP contribution in [0.3, 0.4) is 0 Å². The van der Waals surface area contributed by atoms with Gasteiger partial charge in [0.15, 0.2) is 0 Å². The van der Waals surface area contributed by atoms with Gasteiger partial charge in [0.05, 0.1) is 22.1 Å². The maximum Gasteiger partial charge on any atom is 0.0965 e. The van der Waals surface area contributed by atoms with E-state index in [-0.39, 0.29) is 0 Å². The fourth-order valence-corrected chi connectivity index (χ4v) is 10.5. The Morgan fingerprint density at radius 3 is 1.18 bits per heavy atom. The Bertz CT molecular complexity index is 2980. The average Bonchev–Trinajstić information content (AvgIpc) is 3.91. The van der Waals surface area contributed by atoms with Crippen molar-refractivity contribution < 1.29 is 0 Å². The van der Waals surface area contributed by atoms with E-state index >= 15 is 0 Å². The van der Waals surface area contributed by atoms with Crippen LogP contribution in [0.25, 0.3) is 108 Å². The lowest BCUT2D eigenvalue weighted by Crippen LogP contribution is -1.87. The summed E-state index contributed by atoms with van der Waals surface area (Å²) in [5, 5.41) is 2.53. The molecule has 7 aromatic carbocycles. The number of benzene rings is 7. The molecule has 56 heavy (non-hydrogen) atoms. The molecule has 0 aliphatic rings. The Morgan fingerprint density at radius 2 is 0.714 bits per heavy atom. The molecule has 0 fully saturated rings. The van der Waals surface area contributed by atoms with Gasteiger partial charge >= 0.3 is 0 Å². The quantitative estimate of drug-likeness (QED) is 0.170. The Balaban J connectivity index is 1.14. The van der Waals surface area contributed by atoms with Gasteiger partial charge in [0.2, 0.25) is 0 Å². The van der Waals surface area contributed by atoms with Crippen LogP contribution >= 0.6 is 22.7 Å². The van der Waals surface area contributed by atoms with Gasteiger partial charge in [-0.15, -0.1) is 22.7 Å². The molecule has 11 aromatic rings. The largest absolute Gasteiger partial charge is 0.253 e. The molecule has 0 saturated heterocycles. The highest BCUT2D eigenvalue weighted by Gasteiger charge is 2.23. The van der Waals surface area contributed by atoms with Gasteiger partial charge in [-0.05, 0) is 69.8 Å². The van der Waals surface area contributed by atoms with Gasteiger partial charge in [-0.1, -0.05) is 121 Å². The smallest absolute Gasteiger partial charge is 0.0965 e. The molecular weight excluding hydrogens is 721 g/mol. The van der Waals surface area contributed by atoms with Crippen molar-refractivity contribution in [3.05, 3.63) is 183 Å². The molecule has 6 heteroatoms. The molecule has 262 valence electrons. The van der Waals surface area contributed by atoms with Crippen molar-refractivity contribution in [1.29, 1.82) is 0 Å². The second kappa shape index (κ2) is 13.5. The summed E-state index contributed by atoms with van der Waals surface area (Å²) in [4.78, 5) is 21.0. The van der Waals surface area contributed by atoms with Crippen LogP contribution in [0.15, 0.2) is 183 Å². The van der Waals surface area contributed by atoms with Crippen LogP contribution in [0.4, 0.5) is 0 Å². The minimum Gasteiger partial charge on any atom is -0.253 e. The first-order valence-corrected chi connectivity index (χ1v) is 20.2. The van der Waals surface area contributed by atoms with Crippen LogP contribution in [-0.4, -0.2) is 19.9 Å². The zero-order valence-corrected chi connectivity index (χ0v) is 31.6. The van der Waals surface area contributed by atoms with Gasteiger partial charge < -0.3 is 0 Å². The van der Waals surface area contributed by atoms with Crippen molar-refractivity contribution in [2.24, 2.45) is 0 Å². The minimum atomic E-state index is 0.895. The first-order chi connectivity index (χ1) is 27.8. The molecule has 4 heterocycles. The highest BCUT2D eigenvalue weighted by atomic mass is 32.1. The summed E-state index contributed by atoms with van der Waals surface area (Å²) in [7, 11) is 0. The molecule has 0 unspecified atom stereocenters. The van der Waals surface area contributed by atoms with Crippen LogP contribution in [-0.2, 0) is 0 Å². The number of aromatic nitrogens is 4. The van der Waals surface area contributed by atoms with Crippen molar-refractivity contribution in [3.8, 4) is 65.4 Å². The zero-order valence-electron chi connectivity index (χ0n) is 29.9. The van der Waals surface area contributed by atoms with Gasteiger partial charge in [-0.25, -0.2) is 0 Å². The first kappa shape index (κ1) is 32.6. The Kier molecular flexibility index (Phi) is 7.83. The molecule has 0 spiro atoms. The molecule has 0 aliphatic heterocycles. The number of para-hydroxylation sites is 2. The van der Waals surface area contributed by atoms with Crippen LogP contribution < -0.4 is 0 Å². The van der Waals surface area contributed by atoms with E-state index in [4.69, 9.17) is 9.97 Å². The van der Waals surface area contributed by atoms with E-state index in [1.807, 2.05) is 34.8 Å². The summed E-state index contributed by atoms with van der Waals surface area (Å²) < 4.78 is 2.57. The highest BCUT2D eigenvalue weighted by Crippen LogP contribution is 2.52. The van der Waals surface area contributed by atoms with Gasteiger partial charge in [-0.2, -0.15) is 0 Å². The minimum absolute atomic E-state index is 0.895. The van der Waals surface area contributed by atoms with Crippen molar-refractivity contribution in [3.63, 3.8) is 0 Å². The van der Waals surface area contributed by atoms with Gasteiger partial charge in [0.1, 0.15) is 0 Å². The predicted octanol–water partition coefficient (Wildman–Crippen LogP) is 14.0. The van der Waals surface area contributed by atoms with E-state index in [0.29, 0.717) is 0 Å². The summed E-state index contributed by atoms with van der Waals surface area (Å²) >= 11 is 3.75. The molecule has 0 aliphatic carbocycles. The van der Waals surface area contributed by atoms with Gasteiger partial charge in [0.25, 0.3) is 0 Å². The van der Waals surface area contributed by atoms with Gasteiger partial charge in [0, 0.05) is 77.0 Å². The van der Waals surface area contributed by atoms with Crippen molar-refractivity contribution in [1.82, 2.24) is 19.9 Å². The third-order valence-corrected chi connectivity index (χ3v) is 12.9. The van der Waals surface area contributed by atoms with E-state index in [2.05, 4.69) is 156 Å². The molecule has 0 N–H and O–H groups in total. The lowest BCUT2D eigenvalue weighted by Gasteiger charge is -2.12. The summed E-state index contributed by atoms with van der Waals surface area (Å²) in [6, 6.07) is 56.7.